The number of esters is 1. The predicted molar refractivity (Wildman–Crippen MR) is 79.1 cm³/mol. The first-order valence-electron chi connectivity index (χ1n) is 5.27. The third-order valence-corrected chi connectivity index (χ3v) is 3.68. The molecule has 0 N–H and O–H groups in total. The summed E-state index contributed by atoms with van der Waals surface area (Å²) >= 11 is 6.51. The van der Waals surface area contributed by atoms with Crippen LogP contribution in [0.5, 0.6) is 0 Å². The van der Waals surface area contributed by atoms with Crippen LogP contribution in [0.25, 0.3) is 6.08 Å². The maximum absolute atomic E-state index is 11.3. The average Bonchev–Trinajstić information content (AvgIpc) is 2.68. The number of carbonyl (C=O) groups excluding carboxylic acids is 1. The number of allylic oxidation sites excluding steroid dienone is 1. The van der Waals surface area contributed by atoms with Crippen LogP contribution in [0.4, 0.5) is 0 Å². The van der Waals surface area contributed by atoms with Crippen LogP contribution in [0.1, 0.15) is 22.8 Å². The molecular weight excluding hydrogens is 266 g/mol. The van der Waals surface area contributed by atoms with Crippen LogP contribution < -0.4 is 0 Å². The smallest absolute Gasteiger partial charge is 0.337 e. The molecule has 0 saturated carbocycles. The monoisotopic (exact) mass is 277 g/mol. The number of hydrogen-bond donors (Lipinski definition) is 0. The highest BCUT2D eigenvalue weighted by Gasteiger charge is 2.14. The summed E-state index contributed by atoms with van der Waals surface area (Å²) < 4.78 is 5.29. The van der Waals surface area contributed by atoms with E-state index in [1.807, 2.05) is 25.1 Å². The van der Waals surface area contributed by atoms with Crippen LogP contribution >= 0.6 is 24.0 Å². The summed E-state index contributed by atoms with van der Waals surface area (Å²) in [5.41, 5.74) is 2.48. The van der Waals surface area contributed by atoms with Gasteiger partial charge in [-0.2, -0.15) is 0 Å². The highest BCUT2D eigenvalue weighted by atomic mass is 32.2. The van der Waals surface area contributed by atoms with Gasteiger partial charge in [-0.1, -0.05) is 36.1 Å². The number of thioether (sulfide) groups is 1. The Kier molecular flexibility index (Phi) is 3.93. The lowest BCUT2D eigenvalue weighted by atomic mass is 10.1. The fraction of sp³-hybridized carbons (Fsp3) is 0.154. The number of benzene rings is 1. The zero-order valence-electron chi connectivity index (χ0n) is 9.97. The highest BCUT2D eigenvalue weighted by molar-refractivity contribution is 8.26. The Morgan fingerprint density at radius 2 is 2.06 bits per heavy atom. The lowest BCUT2D eigenvalue weighted by Crippen LogP contribution is -2.00. The molecule has 0 fully saturated rings. The Bertz CT molecular complexity index is 559. The summed E-state index contributed by atoms with van der Waals surface area (Å²) in [6.45, 7) is 1.93. The minimum atomic E-state index is -0.330. The van der Waals surface area contributed by atoms with Crippen molar-refractivity contribution in [3.63, 3.8) is 0 Å². The SMILES string of the molecule is COC(=O)c1ccc(/C=C2\SC(=S)N=C2C)cc1. The van der Waals surface area contributed by atoms with Gasteiger partial charge in [0.05, 0.1) is 18.4 Å². The maximum atomic E-state index is 11.3. The van der Waals surface area contributed by atoms with Crippen molar-refractivity contribution < 1.29 is 9.53 Å². The van der Waals surface area contributed by atoms with Crippen molar-refractivity contribution in [1.29, 1.82) is 0 Å². The minimum Gasteiger partial charge on any atom is -0.465 e. The molecular formula is C13H11NO2S2. The molecule has 18 heavy (non-hydrogen) atoms. The van der Waals surface area contributed by atoms with E-state index in [0.717, 1.165) is 16.2 Å². The fourth-order valence-electron chi connectivity index (χ4n) is 1.50. The van der Waals surface area contributed by atoms with E-state index in [1.54, 1.807) is 12.1 Å². The molecule has 0 spiro atoms. The second kappa shape index (κ2) is 5.46. The van der Waals surface area contributed by atoms with Crippen LogP contribution in [0, 0.1) is 0 Å². The van der Waals surface area contributed by atoms with E-state index in [4.69, 9.17) is 12.2 Å². The van der Waals surface area contributed by atoms with Crippen LogP contribution in [0.3, 0.4) is 0 Å². The van der Waals surface area contributed by atoms with Crippen molar-refractivity contribution in [1.82, 2.24) is 0 Å². The third kappa shape index (κ3) is 2.86. The van der Waals surface area contributed by atoms with E-state index in [-0.39, 0.29) is 5.97 Å². The van der Waals surface area contributed by atoms with Crippen molar-refractivity contribution >= 4 is 46.1 Å². The van der Waals surface area contributed by atoms with Crippen molar-refractivity contribution in [2.45, 2.75) is 6.92 Å². The van der Waals surface area contributed by atoms with Crippen molar-refractivity contribution in [2.24, 2.45) is 4.99 Å². The lowest BCUT2D eigenvalue weighted by Gasteiger charge is -2.00. The molecule has 0 radical (unpaired) electrons. The molecule has 0 amide bonds. The number of aliphatic imine (C=N–C) groups is 1. The summed E-state index contributed by atoms with van der Waals surface area (Å²) in [5.74, 6) is -0.330. The summed E-state index contributed by atoms with van der Waals surface area (Å²) in [5, 5.41) is 0. The maximum Gasteiger partial charge on any atom is 0.337 e. The van der Waals surface area contributed by atoms with E-state index in [2.05, 4.69) is 9.73 Å². The molecule has 1 aromatic rings. The molecule has 1 aromatic carbocycles. The van der Waals surface area contributed by atoms with Gasteiger partial charge in [0, 0.05) is 4.91 Å². The Hall–Kier alpha value is -1.46. The molecule has 92 valence electrons. The number of ether oxygens (including phenoxy) is 1. The minimum absolute atomic E-state index is 0.330. The molecule has 0 aliphatic carbocycles. The molecule has 0 aromatic heterocycles. The second-order valence-corrected chi connectivity index (χ2v) is 5.36. The van der Waals surface area contributed by atoms with Gasteiger partial charge in [-0.3, -0.25) is 0 Å². The van der Waals surface area contributed by atoms with E-state index in [9.17, 15) is 4.79 Å². The van der Waals surface area contributed by atoms with Gasteiger partial charge in [0.15, 0.2) is 4.32 Å². The Labute approximate surface area is 115 Å². The first-order valence-corrected chi connectivity index (χ1v) is 6.50. The largest absolute Gasteiger partial charge is 0.465 e. The van der Waals surface area contributed by atoms with E-state index in [1.165, 1.54) is 18.9 Å². The van der Waals surface area contributed by atoms with Gasteiger partial charge in [-0.05, 0) is 30.7 Å². The van der Waals surface area contributed by atoms with Gasteiger partial charge >= 0.3 is 5.97 Å². The van der Waals surface area contributed by atoms with Gasteiger partial charge in [-0.25, -0.2) is 9.79 Å². The number of thiocarbonyl (C=S) groups is 1. The molecule has 5 heteroatoms. The number of rotatable bonds is 2. The van der Waals surface area contributed by atoms with Crippen molar-refractivity contribution in [3.05, 3.63) is 40.3 Å². The molecule has 0 bridgehead atoms. The molecule has 0 saturated heterocycles. The number of hydrogen-bond acceptors (Lipinski definition) is 4. The number of methoxy groups -OCH3 is 1. The fourth-order valence-corrected chi connectivity index (χ4v) is 2.67. The number of carbonyl (C=O) groups is 1. The second-order valence-electron chi connectivity index (χ2n) is 3.69. The average molecular weight is 277 g/mol. The summed E-state index contributed by atoms with van der Waals surface area (Å²) in [6, 6.07) is 7.22. The van der Waals surface area contributed by atoms with Crippen LogP contribution in [0.15, 0.2) is 34.2 Å². The Morgan fingerprint density at radius 1 is 1.39 bits per heavy atom. The Morgan fingerprint density at radius 3 is 2.56 bits per heavy atom. The van der Waals surface area contributed by atoms with Gasteiger partial charge in [0.25, 0.3) is 0 Å². The van der Waals surface area contributed by atoms with E-state index < -0.39 is 0 Å². The predicted octanol–water partition coefficient (Wildman–Crippen LogP) is 3.31. The van der Waals surface area contributed by atoms with Crippen molar-refractivity contribution in [3.8, 4) is 0 Å². The van der Waals surface area contributed by atoms with Crippen LogP contribution in [-0.4, -0.2) is 23.1 Å². The van der Waals surface area contributed by atoms with Crippen LogP contribution in [-0.2, 0) is 4.74 Å². The normalized spacial score (nSPS) is 16.9. The zero-order valence-corrected chi connectivity index (χ0v) is 11.6. The zero-order chi connectivity index (χ0) is 13.1. The van der Waals surface area contributed by atoms with Gasteiger partial charge in [0.1, 0.15) is 0 Å². The molecule has 1 aliphatic rings. The topological polar surface area (TPSA) is 38.7 Å². The van der Waals surface area contributed by atoms with Gasteiger partial charge in [-0.15, -0.1) is 0 Å². The first kappa shape index (κ1) is 13.0. The van der Waals surface area contributed by atoms with Crippen molar-refractivity contribution in [2.75, 3.05) is 7.11 Å². The van der Waals surface area contributed by atoms with Gasteiger partial charge in [0.2, 0.25) is 0 Å². The van der Waals surface area contributed by atoms with E-state index in [0.29, 0.717) is 9.88 Å². The molecule has 1 aliphatic heterocycles. The standard InChI is InChI=1S/C13H11NO2S2/c1-8-11(18-13(17)14-8)7-9-3-5-10(6-4-9)12(15)16-2/h3-7H,1-2H3/b11-7-. The molecule has 0 atom stereocenters. The molecule has 3 nitrogen and oxygen atoms in total. The van der Waals surface area contributed by atoms with Gasteiger partial charge < -0.3 is 4.74 Å². The summed E-state index contributed by atoms with van der Waals surface area (Å²) in [7, 11) is 1.37. The third-order valence-electron chi connectivity index (χ3n) is 2.44. The highest BCUT2D eigenvalue weighted by Crippen LogP contribution is 2.29. The number of nitrogens with zero attached hydrogens (tertiary/aromatic N) is 1. The first-order chi connectivity index (χ1) is 8.60. The lowest BCUT2D eigenvalue weighted by molar-refractivity contribution is 0.0601. The Balaban J connectivity index is 2.21. The molecule has 0 unspecified atom stereocenters. The quantitative estimate of drug-likeness (QED) is 0.614. The summed E-state index contributed by atoms with van der Waals surface area (Å²) in [6.07, 6.45) is 2.00. The van der Waals surface area contributed by atoms with Crippen LogP contribution in [0.2, 0.25) is 0 Å². The molecule has 2 rings (SSSR count). The summed E-state index contributed by atoms with van der Waals surface area (Å²) in [4.78, 5) is 16.5. The molecule has 1 heterocycles. The van der Waals surface area contributed by atoms with E-state index >= 15 is 0 Å².